The number of thiophene rings is 1. The molecule has 0 bridgehead atoms. The highest BCUT2D eigenvalue weighted by Gasteiger charge is 2.43. The van der Waals surface area contributed by atoms with Gasteiger partial charge in [0.15, 0.2) is 6.61 Å². The summed E-state index contributed by atoms with van der Waals surface area (Å²) in [5.41, 5.74) is 6.64. The standard InChI is InChI=1S/C20H21N3O5S/c1-12-4-6-13(7-5-12)23-17(25)9-8-14(18(23)15-3-2-10-29-15)19(26)28-11-16(24)22-20(21)27/h2-7,10,14,18H,8-9,11H2,1H3,(H3,21,22,24,27). The molecule has 8 nitrogen and oxygen atoms in total. The molecule has 0 spiro atoms. The van der Waals surface area contributed by atoms with Crippen LogP contribution in [0.5, 0.6) is 0 Å². The highest BCUT2D eigenvalue weighted by atomic mass is 32.1. The van der Waals surface area contributed by atoms with Gasteiger partial charge < -0.3 is 15.4 Å². The van der Waals surface area contributed by atoms with Gasteiger partial charge in [-0.05, 0) is 36.9 Å². The van der Waals surface area contributed by atoms with E-state index in [4.69, 9.17) is 10.5 Å². The zero-order chi connectivity index (χ0) is 21.0. The summed E-state index contributed by atoms with van der Waals surface area (Å²) in [7, 11) is 0. The summed E-state index contributed by atoms with van der Waals surface area (Å²) in [6, 6.07) is 9.68. The molecule has 1 aliphatic rings. The van der Waals surface area contributed by atoms with E-state index in [0.29, 0.717) is 12.1 Å². The highest BCUT2D eigenvalue weighted by Crippen LogP contribution is 2.42. The van der Waals surface area contributed by atoms with E-state index in [9.17, 15) is 19.2 Å². The molecule has 2 unspecified atom stereocenters. The van der Waals surface area contributed by atoms with Crippen LogP contribution >= 0.6 is 11.3 Å². The van der Waals surface area contributed by atoms with Crippen molar-refractivity contribution in [2.24, 2.45) is 11.7 Å². The zero-order valence-corrected chi connectivity index (χ0v) is 16.6. The number of hydrogen-bond acceptors (Lipinski definition) is 6. The minimum absolute atomic E-state index is 0.0808. The lowest BCUT2D eigenvalue weighted by molar-refractivity contribution is -0.154. The number of imide groups is 1. The predicted octanol–water partition coefficient (Wildman–Crippen LogP) is 2.28. The molecule has 4 amide bonds. The van der Waals surface area contributed by atoms with E-state index in [-0.39, 0.29) is 12.3 Å². The van der Waals surface area contributed by atoms with E-state index in [2.05, 4.69) is 0 Å². The first kappa shape index (κ1) is 20.5. The molecule has 2 heterocycles. The third-order valence-electron chi connectivity index (χ3n) is 4.65. The number of esters is 1. The number of amides is 4. The molecular formula is C20H21N3O5S. The molecule has 29 heavy (non-hydrogen) atoms. The van der Waals surface area contributed by atoms with Gasteiger partial charge in [0.05, 0.1) is 12.0 Å². The number of nitrogens with one attached hydrogen (secondary N) is 1. The Morgan fingerprint density at radius 3 is 2.59 bits per heavy atom. The molecule has 3 N–H and O–H groups in total. The lowest BCUT2D eigenvalue weighted by Crippen LogP contribution is -2.46. The number of urea groups is 1. The van der Waals surface area contributed by atoms with Gasteiger partial charge in [-0.1, -0.05) is 23.8 Å². The molecule has 1 aliphatic heterocycles. The molecule has 3 rings (SSSR count). The highest BCUT2D eigenvalue weighted by molar-refractivity contribution is 7.10. The summed E-state index contributed by atoms with van der Waals surface area (Å²) in [5, 5.41) is 3.73. The lowest BCUT2D eigenvalue weighted by Gasteiger charge is -2.39. The summed E-state index contributed by atoms with van der Waals surface area (Å²) < 4.78 is 5.12. The second kappa shape index (κ2) is 8.87. The van der Waals surface area contributed by atoms with Gasteiger partial charge in [-0.2, -0.15) is 0 Å². The molecule has 1 aromatic heterocycles. The van der Waals surface area contributed by atoms with Crippen LogP contribution in [-0.4, -0.2) is 30.4 Å². The quantitative estimate of drug-likeness (QED) is 0.726. The minimum atomic E-state index is -1.02. The maximum atomic E-state index is 12.8. The summed E-state index contributed by atoms with van der Waals surface area (Å²) in [6.07, 6.45) is 0.489. The molecule has 1 saturated heterocycles. The Kier molecular flexibility index (Phi) is 6.28. The molecular weight excluding hydrogens is 394 g/mol. The molecule has 1 fully saturated rings. The number of hydrogen-bond donors (Lipinski definition) is 2. The Balaban J connectivity index is 1.86. The molecule has 0 saturated carbocycles. The van der Waals surface area contributed by atoms with Gasteiger partial charge in [0.1, 0.15) is 0 Å². The molecule has 0 aliphatic carbocycles. The number of nitrogens with zero attached hydrogens (tertiary/aromatic N) is 1. The van der Waals surface area contributed by atoms with Crippen molar-refractivity contribution in [1.82, 2.24) is 5.32 Å². The Morgan fingerprint density at radius 2 is 1.97 bits per heavy atom. The first-order chi connectivity index (χ1) is 13.9. The number of anilines is 1. The monoisotopic (exact) mass is 415 g/mol. The fourth-order valence-corrected chi connectivity index (χ4v) is 4.23. The van der Waals surface area contributed by atoms with Gasteiger partial charge in [-0.25, -0.2) is 4.79 Å². The van der Waals surface area contributed by atoms with E-state index >= 15 is 0 Å². The Hall–Kier alpha value is -3.20. The van der Waals surface area contributed by atoms with Crippen molar-refractivity contribution in [1.29, 1.82) is 0 Å². The number of primary amides is 1. The Labute approximate surface area is 171 Å². The van der Waals surface area contributed by atoms with Crippen molar-refractivity contribution < 1.29 is 23.9 Å². The smallest absolute Gasteiger partial charge is 0.318 e. The lowest BCUT2D eigenvalue weighted by atomic mass is 9.87. The first-order valence-corrected chi connectivity index (χ1v) is 9.93. The SMILES string of the molecule is Cc1ccc(N2C(=O)CCC(C(=O)OCC(=O)NC(N)=O)C2c2cccs2)cc1. The van der Waals surface area contributed by atoms with E-state index in [1.807, 2.05) is 54.0 Å². The van der Waals surface area contributed by atoms with Crippen LogP contribution in [0.1, 0.15) is 29.3 Å². The fourth-order valence-electron chi connectivity index (χ4n) is 3.35. The first-order valence-electron chi connectivity index (χ1n) is 9.05. The second-order valence-corrected chi connectivity index (χ2v) is 7.70. The third kappa shape index (κ3) is 4.80. The van der Waals surface area contributed by atoms with Crippen LogP contribution in [0.15, 0.2) is 41.8 Å². The van der Waals surface area contributed by atoms with Crippen LogP contribution in [0.25, 0.3) is 0 Å². The van der Waals surface area contributed by atoms with Gasteiger partial charge in [-0.3, -0.25) is 19.7 Å². The largest absolute Gasteiger partial charge is 0.455 e. The van der Waals surface area contributed by atoms with Crippen LogP contribution in [0, 0.1) is 12.8 Å². The van der Waals surface area contributed by atoms with Gasteiger partial charge >= 0.3 is 12.0 Å². The number of benzene rings is 1. The molecule has 152 valence electrons. The van der Waals surface area contributed by atoms with E-state index in [0.717, 1.165) is 10.4 Å². The van der Waals surface area contributed by atoms with Crippen molar-refractivity contribution >= 4 is 40.8 Å². The maximum absolute atomic E-state index is 12.8. The summed E-state index contributed by atoms with van der Waals surface area (Å²) in [6.45, 7) is 1.34. The number of carbonyl (C=O) groups is 4. The Morgan fingerprint density at radius 1 is 1.24 bits per heavy atom. The minimum Gasteiger partial charge on any atom is -0.455 e. The number of carbonyl (C=O) groups excluding carboxylic acids is 4. The fraction of sp³-hybridized carbons (Fsp3) is 0.300. The van der Waals surface area contributed by atoms with Crippen LogP contribution in [0.3, 0.4) is 0 Å². The summed E-state index contributed by atoms with van der Waals surface area (Å²) in [5.74, 6) is -2.13. The third-order valence-corrected chi connectivity index (χ3v) is 5.60. The number of piperidine rings is 1. The van der Waals surface area contributed by atoms with Gasteiger partial charge in [0.25, 0.3) is 5.91 Å². The predicted molar refractivity (Wildman–Crippen MR) is 107 cm³/mol. The van der Waals surface area contributed by atoms with E-state index in [1.54, 1.807) is 4.90 Å². The summed E-state index contributed by atoms with van der Waals surface area (Å²) >= 11 is 1.44. The van der Waals surface area contributed by atoms with Crippen LogP contribution in [0.4, 0.5) is 10.5 Å². The van der Waals surface area contributed by atoms with Crippen molar-refractivity contribution in [2.45, 2.75) is 25.8 Å². The maximum Gasteiger partial charge on any atom is 0.318 e. The molecule has 2 aromatic rings. The van der Waals surface area contributed by atoms with Crippen LogP contribution in [0.2, 0.25) is 0 Å². The van der Waals surface area contributed by atoms with Crippen molar-refractivity contribution in [3.8, 4) is 0 Å². The Bertz CT molecular complexity index is 911. The normalized spacial score (nSPS) is 18.9. The van der Waals surface area contributed by atoms with Crippen molar-refractivity contribution in [3.63, 3.8) is 0 Å². The van der Waals surface area contributed by atoms with Gasteiger partial charge in [0.2, 0.25) is 5.91 Å². The number of ether oxygens (including phenoxy) is 1. The average Bonchev–Trinajstić information content (AvgIpc) is 3.20. The molecule has 9 heteroatoms. The molecule has 2 atom stereocenters. The van der Waals surface area contributed by atoms with Crippen LogP contribution < -0.4 is 16.0 Å². The number of rotatable bonds is 5. The average molecular weight is 415 g/mol. The molecule has 1 aromatic carbocycles. The van der Waals surface area contributed by atoms with Crippen molar-refractivity contribution in [2.75, 3.05) is 11.5 Å². The van der Waals surface area contributed by atoms with Crippen molar-refractivity contribution in [3.05, 3.63) is 52.2 Å². The topological polar surface area (TPSA) is 119 Å². The number of nitrogens with two attached hydrogens (primary N) is 1. The number of aryl methyl sites for hydroxylation is 1. The van der Waals surface area contributed by atoms with Crippen LogP contribution in [-0.2, 0) is 19.1 Å². The van der Waals surface area contributed by atoms with E-state index in [1.165, 1.54) is 11.3 Å². The second-order valence-electron chi connectivity index (χ2n) is 6.72. The zero-order valence-electron chi connectivity index (χ0n) is 15.8. The molecule has 0 radical (unpaired) electrons. The summed E-state index contributed by atoms with van der Waals surface area (Å²) in [4.78, 5) is 50.4. The van der Waals surface area contributed by atoms with Gasteiger partial charge in [-0.15, -0.1) is 11.3 Å². The van der Waals surface area contributed by atoms with Gasteiger partial charge in [0, 0.05) is 17.0 Å². The van der Waals surface area contributed by atoms with E-state index < -0.39 is 36.5 Å².